The molecule has 1 unspecified atom stereocenters. The quantitative estimate of drug-likeness (QED) is 0.593. The van der Waals surface area contributed by atoms with E-state index < -0.39 is 23.5 Å². The van der Waals surface area contributed by atoms with Crippen LogP contribution in [0.3, 0.4) is 0 Å². The minimum atomic E-state index is -1.62. The summed E-state index contributed by atoms with van der Waals surface area (Å²) in [6.07, 6.45) is -0.713. The van der Waals surface area contributed by atoms with Crippen molar-refractivity contribution in [3.63, 3.8) is 0 Å². The van der Waals surface area contributed by atoms with Crippen LogP contribution in [-0.4, -0.2) is 26.2 Å². The van der Waals surface area contributed by atoms with E-state index in [4.69, 9.17) is 14.2 Å². The van der Waals surface area contributed by atoms with Gasteiger partial charge in [0.25, 0.3) is 0 Å². The Morgan fingerprint density at radius 1 is 0.964 bits per heavy atom. The maximum atomic E-state index is 13.0. The largest absolute Gasteiger partial charge is 0.483 e. The average molecular weight is 382 g/mol. The van der Waals surface area contributed by atoms with Crippen LogP contribution < -0.4 is 4.74 Å². The number of carbonyl (C=O) groups is 2. The van der Waals surface area contributed by atoms with Gasteiger partial charge in [0, 0.05) is 6.42 Å². The predicted octanol–water partition coefficient (Wildman–Crippen LogP) is 3.99. The van der Waals surface area contributed by atoms with Crippen molar-refractivity contribution < 1.29 is 23.8 Å². The number of hydrogen-bond donors (Lipinski definition) is 0. The lowest BCUT2D eigenvalue weighted by atomic mass is 9.71. The van der Waals surface area contributed by atoms with E-state index >= 15 is 0 Å². The fourth-order valence-corrected chi connectivity index (χ4v) is 3.85. The third-order valence-electron chi connectivity index (χ3n) is 5.26. The number of hydrogen-bond acceptors (Lipinski definition) is 5. The molecule has 0 fully saturated rings. The lowest BCUT2D eigenvalue weighted by Gasteiger charge is -2.41. The molecular formula is C23H26O5. The van der Waals surface area contributed by atoms with Crippen molar-refractivity contribution in [3.8, 4) is 5.75 Å². The summed E-state index contributed by atoms with van der Waals surface area (Å²) in [6, 6.07) is 15.1. The normalized spacial score (nSPS) is 17.8. The number of ether oxygens (including phenoxy) is 3. The van der Waals surface area contributed by atoms with Crippen LogP contribution in [0.5, 0.6) is 5.75 Å². The first-order chi connectivity index (χ1) is 13.3. The van der Waals surface area contributed by atoms with Gasteiger partial charge in [0.1, 0.15) is 5.75 Å². The Hall–Kier alpha value is -2.82. The van der Waals surface area contributed by atoms with E-state index in [0.717, 1.165) is 11.1 Å². The Bertz CT molecular complexity index is 864. The molecular weight excluding hydrogens is 356 g/mol. The minimum Gasteiger partial charge on any atom is -0.483 e. The van der Waals surface area contributed by atoms with E-state index in [-0.39, 0.29) is 11.8 Å². The summed E-state index contributed by atoms with van der Waals surface area (Å²) >= 11 is 0. The summed E-state index contributed by atoms with van der Waals surface area (Å²) < 4.78 is 16.6. The first kappa shape index (κ1) is 19.9. The zero-order valence-electron chi connectivity index (χ0n) is 16.9. The summed E-state index contributed by atoms with van der Waals surface area (Å²) in [7, 11) is 2.55. The van der Waals surface area contributed by atoms with Crippen molar-refractivity contribution >= 4 is 11.9 Å². The van der Waals surface area contributed by atoms with Gasteiger partial charge in [-0.15, -0.1) is 0 Å². The van der Waals surface area contributed by atoms with Crippen LogP contribution in [0, 0.1) is 5.41 Å². The number of methoxy groups -OCH3 is 2. The van der Waals surface area contributed by atoms with E-state index in [1.807, 2.05) is 48.5 Å². The zero-order chi connectivity index (χ0) is 20.5. The summed E-state index contributed by atoms with van der Waals surface area (Å²) in [5.74, 6) is -0.618. The maximum absolute atomic E-state index is 13.0. The molecule has 0 radical (unpaired) electrons. The number of rotatable bonds is 3. The second-order valence-corrected chi connectivity index (χ2v) is 8.08. The molecule has 0 aromatic heterocycles. The molecule has 5 heteroatoms. The van der Waals surface area contributed by atoms with E-state index in [2.05, 4.69) is 20.8 Å². The molecule has 5 nitrogen and oxygen atoms in total. The number of para-hydroxylation sites is 1. The summed E-state index contributed by atoms with van der Waals surface area (Å²) in [6.45, 7) is 6.31. The predicted molar refractivity (Wildman–Crippen MR) is 105 cm³/mol. The van der Waals surface area contributed by atoms with Gasteiger partial charge in [-0.3, -0.25) is 9.59 Å². The van der Waals surface area contributed by atoms with Crippen LogP contribution in [0.2, 0.25) is 0 Å². The van der Waals surface area contributed by atoms with Gasteiger partial charge >= 0.3 is 11.9 Å². The van der Waals surface area contributed by atoms with Crippen LogP contribution in [0.25, 0.3) is 0 Å². The van der Waals surface area contributed by atoms with Crippen molar-refractivity contribution in [2.75, 3.05) is 14.2 Å². The van der Waals surface area contributed by atoms with E-state index in [1.54, 1.807) is 0 Å². The highest BCUT2D eigenvalue weighted by molar-refractivity contribution is 6.01. The molecule has 0 amide bonds. The zero-order valence-corrected chi connectivity index (χ0v) is 16.9. The second kappa shape index (κ2) is 7.30. The van der Waals surface area contributed by atoms with Gasteiger partial charge in [-0.1, -0.05) is 69.3 Å². The molecule has 1 aliphatic rings. The molecule has 0 saturated carbocycles. The Morgan fingerprint density at radius 2 is 1.57 bits per heavy atom. The van der Waals surface area contributed by atoms with Crippen LogP contribution in [0.15, 0.2) is 48.5 Å². The van der Waals surface area contributed by atoms with Crippen LogP contribution in [0.4, 0.5) is 0 Å². The van der Waals surface area contributed by atoms with Crippen molar-refractivity contribution in [2.45, 2.75) is 38.7 Å². The monoisotopic (exact) mass is 382 g/mol. The average Bonchev–Trinajstić information content (AvgIpc) is 2.70. The molecule has 0 bridgehead atoms. The number of esters is 2. The SMILES string of the molecule is COC(=O)C1(C(=O)OC)Cc2cccc(C(C)(C)C)c2OC1c1ccccc1. The third-order valence-corrected chi connectivity index (χ3v) is 5.26. The van der Waals surface area contributed by atoms with Crippen molar-refractivity contribution in [3.05, 3.63) is 65.2 Å². The molecule has 28 heavy (non-hydrogen) atoms. The fourth-order valence-electron chi connectivity index (χ4n) is 3.85. The lowest BCUT2D eigenvalue weighted by Crippen LogP contribution is -2.51. The molecule has 0 saturated heterocycles. The molecule has 0 spiro atoms. The molecule has 1 aliphatic heterocycles. The molecule has 2 aromatic rings. The minimum absolute atomic E-state index is 0.144. The van der Waals surface area contributed by atoms with Gasteiger partial charge in [-0.2, -0.15) is 0 Å². The highest BCUT2D eigenvalue weighted by Gasteiger charge is 2.59. The standard InChI is InChI=1S/C23H26O5/c1-22(2,3)17-13-9-12-16-14-23(20(24)26-4,21(25)27-5)19(28-18(16)17)15-10-7-6-8-11-15/h6-13,19H,14H2,1-5H3. The Balaban J connectivity index is 2.28. The van der Waals surface area contributed by atoms with Gasteiger partial charge in [0.15, 0.2) is 6.10 Å². The smallest absolute Gasteiger partial charge is 0.327 e. The molecule has 0 N–H and O–H groups in total. The summed E-state index contributed by atoms with van der Waals surface area (Å²) in [5.41, 5.74) is 0.745. The molecule has 148 valence electrons. The lowest BCUT2D eigenvalue weighted by molar-refractivity contribution is -0.179. The first-order valence-corrected chi connectivity index (χ1v) is 9.26. The second-order valence-electron chi connectivity index (χ2n) is 8.08. The molecule has 2 aromatic carbocycles. The topological polar surface area (TPSA) is 61.8 Å². The summed E-state index contributed by atoms with van der Waals surface area (Å²) in [4.78, 5) is 25.9. The van der Waals surface area contributed by atoms with E-state index in [1.165, 1.54) is 14.2 Å². The highest BCUT2D eigenvalue weighted by atomic mass is 16.6. The number of carbonyl (C=O) groups excluding carboxylic acids is 2. The van der Waals surface area contributed by atoms with Gasteiger partial charge in [0.2, 0.25) is 5.41 Å². The molecule has 1 heterocycles. The first-order valence-electron chi connectivity index (χ1n) is 9.26. The van der Waals surface area contributed by atoms with Crippen LogP contribution >= 0.6 is 0 Å². The Labute approximate surface area is 165 Å². The van der Waals surface area contributed by atoms with Gasteiger partial charge in [-0.25, -0.2) is 0 Å². The maximum Gasteiger partial charge on any atom is 0.327 e. The van der Waals surface area contributed by atoms with Gasteiger partial charge < -0.3 is 14.2 Å². The van der Waals surface area contributed by atoms with Crippen molar-refractivity contribution in [1.82, 2.24) is 0 Å². The van der Waals surface area contributed by atoms with Gasteiger partial charge in [-0.05, 0) is 22.1 Å². The molecule has 0 aliphatic carbocycles. The van der Waals surface area contributed by atoms with Crippen LogP contribution in [0.1, 0.15) is 43.6 Å². The van der Waals surface area contributed by atoms with Crippen molar-refractivity contribution in [1.29, 1.82) is 0 Å². The number of fused-ring (bicyclic) bond motifs is 1. The van der Waals surface area contributed by atoms with Crippen molar-refractivity contribution in [2.24, 2.45) is 5.41 Å². The van der Waals surface area contributed by atoms with Gasteiger partial charge in [0.05, 0.1) is 14.2 Å². The summed E-state index contributed by atoms with van der Waals surface area (Å²) in [5, 5.41) is 0. The Morgan fingerprint density at radius 3 is 2.11 bits per heavy atom. The molecule has 3 rings (SSSR count). The Kier molecular flexibility index (Phi) is 5.20. The highest BCUT2D eigenvalue weighted by Crippen LogP contribution is 2.51. The number of benzene rings is 2. The fraction of sp³-hybridized carbons (Fsp3) is 0.391. The molecule has 1 atom stereocenters. The van der Waals surface area contributed by atoms with E-state index in [9.17, 15) is 9.59 Å². The van der Waals surface area contributed by atoms with E-state index in [0.29, 0.717) is 11.3 Å². The third kappa shape index (κ3) is 3.15. The van der Waals surface area contributed by atoms with Crippen LogP contribution in [-0.2, 0) is 30.9 Å².